The van der Waals surface area contributed by atoms with Crippen LogP contribution in [0, 0.1) is 12.7 Å². The van der Waals surface area contributed by atoms with E-state index in [4.69, 9.17) is 22.1 Å². The molecule has 106 valence electrons. The highest BCUT2D eigenvalue weighted by Crippen LogP contribution is 2.37. The van der Waals surface area contributed by atoms with Crippen molar-refractivity contribution >= 4 is 27.5 Å². The maximum Gasteiger partial charge on any atom is 0.138 e. The molecule has 20 heavy (non-hydrogen) atoms. The number of ether oxygens (including phenoxy) is 1. The topological polar surface area (TPSA) is 35.2 Å². The lowest BCUT2D eigenvalue weighted by Gasteiger charge is -2.18. The largest absolute Gasteiger partial charge is 0.495 e. The van der Waals surface area contributed by atoms with E-state index >= 15 is 0 Å². The Kier molecular flexibility index (Phi) is 4.68. The number of hydrogen-bond acceptors (Lipinski definition) is 2. The number of rotatable bonds is 3. The fourth-order valence-corrected chi connectivity index (χ4v) is 3.06. The smallest absolute Gasteiger partial charge is 0.138 e. The van der Waals surface area contributed by atoms with Crippen LogP contribution in [0.25, 0.3) is 0 Å². The molecule has 0 amide bonds. The fraction of sp³-hybridized carbons (Fsp3) is 0.200. The molecule has 0 heterocycles. The van der Waals surface area contributed by atoms with Crippen LogP contribution in [0.4, 0.5) is 4.39 Å². The van der Waals surface area contributed by atoms with Crippen LogP contribution >= 0.6 is 27.5 Å². The van der Waals surface area contributed by atoms with E-state index < -0.39 is 6.04 Å². The zero-order valence-corrected chi connectivity index (χ0v) is 13.4. The summed E-state index contributed by atoms with van der Waals surface area (Å²) in [5, 5.41) is 0.557. The molecule has 2 aromatic rings. The molecule has 1 unspecified atom stereocenters. The van der Waals surface area contributed by atoms with Gasteiger partial charge >= 0.3 is 0 Å². The van der Waals surface area contributed by atoms with Gasteiger partial charge in [0.15, 0.2) is 0 Å². The highest BCUT2D eigenvalue weighted by atomic mass is 79.9. The van der Waals surface area contributed by atoms with E-state index in [1.165, 1.54) is 6.07 Å². The summed E-state index contributed by atoms with van der Waals surface area (Å²) in [6, 6.07) is 7.87. The molecule has 0 saturated carbocycles. The number of benzene rings is 2. The molecule has 2 N–H and O–H groups in total. The van der Waals surface area contributed by atoms with Crippen LogP contribution in [0.15, 0.2) is 34.8 Å². The quantitative estimate of drug-likeness (QED) is 0.870. The van der Waals surface area contributed by atoms with Crippen molar-refractivity contribution in [1.29, 1.82) is 0 Å². The fourth-order valence-electron chi connectivity index (χ4n) is 2.07. The summed E-state index contributed by atoms with van der Waals surface area (Å²) in [6.07, 6.45) is 0. The second kappa shape index (κ2) is 6.12. The predicted octanol–water partition coefficient (Wildman–Crippen LogP) is 4.61. The lowest BCUT2D eigenvalue weighted by molar-refractivity contribution is 0.405. The molecule has 0 spiro atoms. The van der Waals surface area contributed by atoms with Gasteiger partial charge in [0.2, 0.25) is 0 Å². The third kappa shape index (κ3) is 2.97. The monoisotopic (exact) mass is 357 g/mol. The Labute approximate surface area is 130 Å². The van der Waals surface area contributed by atoms with E-state index in [-0.39, 0.29) is 5.82 Å². The van der Waals surface area contributed by atoms with Gasteiger partial charge in [-0.05, 0) is 52.2 Å². The molecule has 5 heteroatoms. The molecule has 0 aliphatic heterocycles. The van der Waals surface area contributed by atoms with Crippen molar-refractivity contribution < 1.29 is 9.13 Å². The lowest BCUT2D eigenvalue weighted by atomic mass is 9.97. The highest BCUT2D eigenvalue weighted by molar-refractivity contribution is 9.10. The average Bonchev–Trinajstić information content (AvgIpc) is 2.40. The van der Waals surface area contributed by atoms with Crippen LogP contribution < -0.4 is 10.5 Å². The molecular weight excluding hydrogens is 345 g/mol. The standard InChI is InChI=1S/C15H14BrClFNO/c1-8-5-9(3-4-13(8)18)14(19)11-6-10(17)7-12(16)15(11)20-2/h3-7,14H,19H2,1-2H3. The third-order valence-electron chi connectivity index (χ3n) is 3.12. The molecule has 2 rings (SSSR count). The number of nitrogens with two attached hydrogens (primary N) is 1. The summed E-state index contributed by atoms with van der Waals surface area (Å²) in [7, 11) is 1.57. The molecule has 0 radical (unpaired) electrons. The normalized spacial score (nSPS) is 12.3. The van der Waals surface area contributed by atoms with Crippen LogP contribution in [0.3, 0.4) is 0 Å². The Hall–Kier alpha value is -1.10. The maximum absolute atomic E-state index is 13.3. The van der Waals surface area contributed by atoms with Gasteiger partial charge in [0, 0.05) is 10.6 Å². The van der Waals surface area contributed by atoms with Crippen LogP contribution in [-0.4, -0.2) is 7.11 Å². The summed E-state index contributed by atoms with van der Waals surface area (Å²) in [4.78, 5) is 0. The van der Waals surface area contributed by atoms with E-state index in [0.717, 1.165) is 15.6 Å². The van der Waals surface area contributed by atoms with Crippen molar-refractivity contribution in [3.05, 3.63) is 62.3 Å². The van der Waals surface area contributed by atoms with Crippen LogP contribution in [-0.2, 0) is 0 Å². The van der Waals surface area contributed by atoms with E-state index in [9.17, 15) is 4.39 Å². The molecule has 2 nitrogen and oxygen atoms in total. The SMILES string of the molecule is COc1c(Br)cc(Cl)cc1C(N)c1ccc(F)c(C)c1. The minimum absolute atomic E-state index is 0.250. The first kappa shape index (κ1) is 15.3. The van der Waals surface area contributed by atoms with Crippen molar-refractivity contribution in [1.82, 2.24) is 0 Å². The molecule has 0 fully saturated rings. The molecule has 1 atom stereocenters. The first-order valence-electron chi connectivity index (χ1n) is 5.98. The minimum Gasteiger partial charge on any atom is -0.495 e. The third-order valence-corrected chi connectivity index (χ3v) is 3.92. The predicted molar refractivity (Wildman–Crippen MR) is 82.9 cm³/mol. The van der Waals surface area contributed by atoms with E-state index in [0.29, 0.717) is 16.3 Å². The molecule has 0 saturated heterocycles. The van der Waals surface area contributed by atoms with Crippen molar-refractivity contribution in [2.45, 2.75) is 13.0 Å². The van der Waals surface area contributed by atoms with Gasteiger partial charge in [0.05, 0.1) is 17.6 Å². The summed E-state index contributed by atoms with van der Waals surface area (Å²) in [5.74, 6) is 0.379. The summed E-state index contributed by atoms with van der Waals surface area (Å²) in [6.45, 7) is 1.71. The van der Waals surface area contributed by atoms with Crippen LogP contribution in [0.2, 0.25) is 5.02 Å². The Balaban J connectivity index is 2.52. The maximum atomic E-state index is 13.3. The lowest BCUT2D eigenvalue weighted by Crippen LogP contribution is -2.14. The summed E-state index contributed by atoms with van der Waals surface area (Å²) >= 11 is 9.47. The minimum atomic E-state index is -0.445. The van der Waals surface area contributed by atoms with E-state index in [2.05, 4.69) is 15.9 Å². The Morgan fingerprint density at radius 3 is 2.60 bits per heavy atom. The second-order valence-corrected chi connectivity index (χ2v) is 5.79. The Morgan fingerprint density at radius 2 is 2.00 bits per heavy atom. The molecule has 2 aromatic carbocycles. The van der Waals surface area contributed by atoms with Gasteiger partial charge < -0.3 is 10.5 Å². The first-order valence-corrected chi connectivity index (χ1v) is 7.15. The number of methoxy groups -OCH3 is 1. The zero-order valence-electron chi connectivity index (χ0n) is 11.1. The van der Waals surface area contributed by atoms with Crippen molar-refractivity contribution in [2.75, 3.05) is 7.11 Å². The van der Waals surface area contributed by atoms with E-state index in [1.54, 1.807) is 38.3 Å². The Morgan fingerprint density at radius 1 is 1.30 bits per heavy atom. The van der Waals surface area contributed by atoms with Gasteiger partial charge in [0.1, 0.15) is 11.6 Å². The zero-order chi connectivity index (χ0) is 14.9. The van der Waals surface area contributed by atoms with Crippen molar-refractivity contribution in [3.8, 4) is 5.75 Å². The van der Waals surface area contributed by atoms with Gasteiger partial charge in [-0.1, -0.05) is 23.7 Å². The molecule has 0 aliphatic carbocycles. The molecule has 0 aliphatic rings. The van der Waals surface area contributed by atoms with E-state index in [1.807, 2.05) is 0 Å². The van der Waals surface area contributed by atoms with Gasteiger partial charge in [-0.2, -0.15) is 0 Å². The van der Waals surface area contributed by atoms with Gasteiger partial charge in [0.25, 0.3) is 0 Å². The van der Waals surface area contributed by atoms with Crippen LogP contribution in [0.5, 0.6) is 5.75 Å². The number of aryl methyl sites for hydroxylation is 1. The first-order chi connectivity index (χ1) is 9.43. The molecule has 0 bridgehead atoms. The summed E-state index contributed by atoms with van der Waals surface area (Å²) < 4.78 is 19.4. The second-order valence-electron chi connectivity index (χ2n) is 4.50. The van der Waals surface area contributed by atoms with Gasteiger partial charge in [-0.3, -0.25) is 0 Å². The Bertz CT molecular complexity index is 648. The van der Waals surface area contributed by atoms with Gasteiger partial charge in [-0.25, -0.2) is 4.39 Å². The van der Waals surface area contributed by atoms with Crippen molar-refractivity contribution in [3.63, 3.8) is 0 Å². The number of halogens is 3. The van der Waals surface area contributed by atoms with Gasteiger partial charge in [-0.15, -0.1) is 0 Å². The molecular formula is C15H14BrClFNO. The highest BCUT2D eigenvalue weighted by Gasteiger charge is 2.18. The average molecular weight is 359 g/mol. The van der Waals surface area contributed by atoms with Crippen LogP contribution in [0.1, 0.15) is 22.7 Å². The number of hydrogen-bond donors (Lipinski definition) is 1. The molecule has 0 aromatic heterocycles. The summed E-state index contributed by atoms with van der Waals surface area (Å²) in [5.41, 5.74) is 8.37. The van der Waals surface area contributed by atoms with Crippen molar-refractivity contribution in [2.24, 2.45) is 5.73 Å².